The Bertz CT molecular complexity index is 1160. The molecule has 0 atom stereocenters. The van der Waals surface area contributed by atoms with Gasteiger partial charge in [0.1, 0.15) is 12.4 Å². The first-order valence-corrected chi connectivity index (χ1v) is 10.2. The number of rotatable bonds is 7. The maximum Gasteiger partial charge on any atom is 0.338 e. The fourth-order valence-electron chi connectivity index (χ4n) is 2.59. The van der Waals surface area contributed by atoms with Crippen molar-refractivity contribution >= 4 is 28.9 Å². The molecule has 0 spiro atoms. The number of hydrogen-bond acceptors (Lipinski definition) is 8. The molecule has 152 valence electrons. The molecule has 4 rings (SSSR count). The van der Waals surface area contributed by atoms with Crippen LogP contribution in [0.2, 0.25) is 5.02 Å². The van der Waals surface area contributed by atoms with Crippen LogP contribution in [0.3, 0.4) is 0 Å². The molecule has 30 heavy (non-hydrogen) atoms. The van der Waals surface area contributed by atoms with Gasteiger partial charge in [-0.05, 0) is 43.3 Å². The van der Waals surface area contributed by atoms with Crippen LogP contribution in [-0.2, 0) is 18.0 Å². The maximum absolute atomic E-state index is 12.3. The molecule has 0 aliphatic carbocycles. The second-order valence-corrected chi connectivity index (χ2v) is 7.71. The molecule has 0 unspecified atom stereocenters. The third-order valence-electron chi connectivity index (χ3n) is 4.05. The van der Waals surface area contributed by atoms with E-state index in [1.165, 1.54) is 0 Å². The molecule has 0 aliphatic heterocycles. The SMILES string of the molecule is Cc1nc(COc2ccc(C(=O)OCc3noc(-c4ccccc4Cl)n3)cc2)cs1. The van der Waals surface area contributed by atoms with Crippen LogP contribution in [0.25, 0.3) is 11.5 Å². The summed E-state index contributed by atoms with van der Waals surface area (Å²) in [6.07, 6.45) is 0. The first kappa shape index (κ1) is 20.1. The fourth-order valence-corrected chi connectivity index (χ4v) is 3.40. The summed E-state index contributed by atoms with van der Waals surface area (Å²) in [5.74, 6) is 0.653. The van der Waals surface area contributed by atoms with E-state index in [1.807, 2.05) is 18.4 Å². The summed E-state index contributed by atoms with van der Waals surface area (Å²) in [6, 6.07) is 13.8. The first-order chi connectivity index (χ1) is 14.6. The Labute approximate surface area is 181 Å². The Hall–Kier alpha value is -3.23. The number of hydrogen-bond donors (Lipinski definition) is 0. The highest BCUT2D eigenvalue weighted by atomic mass is 35.5. The van der Waals surface area contributed by atoms with Crippen LogP contribution in [-0.4, -0.2) is 21.1 Å². The van der Waals surface area contributed by atoms with Crippen molar-refractivity contribution in [2.45, 2.75) is 20.1 Å². The van der Waals surface area contributed by atoms with Crippen LogP contribution < -0.4 is 4.74 Å². The molecule has 0 fully saturated rings. The summed E-state index contributed by atoms with van der Waals surface area (Å²) in [7, 11) is 0. The molecule has 0 N–H and O–H groups in total. The summed E-state index contributed by atoms with van der Waals surface area (Å²) in [5, 5.41) is 7.27. The maximum atomic E-state index is 12.3. The topological polar surface area (TPSA) is 87.3 Å². The van der Waals surface area contributed by atoms with Crippen molar-refractivity contribution in [2.75, 3.05) is 0 Å². The Kier molecular flexibility index (Phi) is 6.06. The lowest BCUT2D eigenvalue weighted by molar-refractivity contribution is 0.0459. The zero-order valence-electron chi connectivity index (χ0n) is 15.9. The molecule has 0 saturated heterocycles. The van der Waals surface area contributed by atoms with Gasteiger partial charge in [0, 0.05) is 5.38 Å². The number of halogens is 1. The highest BCUT2D eigenvalue weighted by Crippen LogP contribution is 2.26. The Morgan fingerprint density at radius 2 is 1.90 bits per heavy atom. The van der Waals surface area contributed by atoms with E-state index in [9.17, 15) is 4.79 Å². The van der Waals surface area contributed by atoms with Crippen molar-refractivity contribution < 1.29 is 18.8 Å². The molecule has 7 nitrogen and oxygen atoms in total. The molecule has 9 heteroatoms. The minimum Gasteiger partial charge on any atom is -0.487 e. The zero-order valence-corrected chi connectivity index (χ0v) is 17.4. The number of carbonyl (C=O) groups excluding carboxylic acids is 1. The van der Waals surface area contributed by atoms with E-state index in [0.29, 0.717) is 28.5 Å². The summed E-state index contributed by atoms with van der Waals surface area (Å²) in [6.45, 7) is 2.20. The Morgan fingerprint density at radius 1 is 1.10 bits per heavy atom. The number of aryl methyl sites for hydroxylation is 1. The molecule has 0 bridgehead atoms. The van der Waals surface area contributed by atoms with Crippen molar-refractivity contribution in [2.24, 2.45) is 0 Å². The molecule has 0 saturated carbocycles. The highest BCUT2D eigenvalue weighted by molar-refractivity contribution is 7.09. The van der Waals surface area contributed by atoms with E-state index in [4.69, 9.17) is 25.6 Å². The van der Waals surface area contributed by atoms with Gasteiger partial charge in [-0.25, -0.2) is 9.78 Å². The van der Waals surface area contributed by atoms with Crippen LogP contribution in [0.15, 0.2) is 58.4 Å². The van der Waals surface area contributed by atoms with Crippen molar-refractivity contribution in [3.63, 3.8) is 0 Å². The van der Waals surface area contributed by atoms with E-state index in [-0.39, 0.29) is 18.3 Å². The van der Waals surface area contributed by atoms with E-state index >= 15 is 0 Å². The van der Waals surface area contributed by atoms with E-state index in [0.717, 1.165) is 10.7 Å². The van der Waals surface area contributed by atoms with E-state index in [1.54, 1.807) is 53.8 Å². The number of aromatic nitrogens is 3. The predicted octanol–water partition coefficient (Wildman–Crippen LogP) is 5.09. The smallest absolute Gasteiger partial charge is 0.338 e. The van der Waals surface area contributed by atoms with Gasteiger partial charge in [-0.1, -0.05) is 28.9 Å². The Morgan fingerprint density at radius 3 is 2.63 bits per heavy atom. The van der Waals surface area contributed by atoms with Crippen LogP contribution in [0.1, 0.15) is 26.9 Å². The Balaban J connectivity index is 1.31. The first-order valence-electron chi connectivity index (χ1n) is 8.97. The lowest BCUT2D eigenvalue weighted by Crippen LogP contribution is -2.06. The van der Waals surface area contributed by atoms with Crippen molar-refractivity contribution in [3.8, 4) is 17.2 Å². The number of carbonyl (C=O) groups is 1. The normalized spacial score (nSPS) is 10.7. The minimum absolute atomic E-state index is 0.117. The number of benzene rings is 2. The predicted molar refractivity (Wildman–Crippen MR) is 111 cm³/mol. The highest BCUT2D eigenvalue weighted by Gasteiger charge is 2.14. The summed E-state index contributed by atoms with van der Waals surface area (Å²) in [4.78, 5) is 20.8. The molecule has 4 aromatic rings. The van der Waals surface area contributed by atoms with Gasteiger partial charge in [-0.3, -0.25) is 0 Å². The molecule has 2 aromatic heterocycles. The average Bonchev–Trinajstić information content (AvgIpc) is 3.40. The third kappa shape index (κ3) is 4.84. The number of esters is 1. The van der Waals surface area contributed by atoms with Gasteiger partial charge in [0.25, 0.3) is 5.89 Å². The molecular weight excluding hydrogens is 426 g/mol. The second-order valence-electron chi connectivity index (χ2n) is 6.24. The molecule has 2 aromatic carbocycles. The number of ether oxygens (including phenoxy) is 2. The largest absolute Gasteiger partial charge is 0.487 e. The average molecular weight is 442 g/mol. The van der Waals surface area contributed by atoms with Gasteiger partial charge >= 0.3 is 5.97 Å². The van der Waals surface area contributed by atoms with Gasteiger partial charge in [0.2, 0.25) is 5.82 Å². The van der Waals surface area contributed by atoms with Crippen molar-refractivity contribution in [3.05, 3.63) is 81.0 Å². The fraction of sp³-hybridized carbons (Fsp3) is 0.143. The van der Waals surface area contributed by atoms with Crippen molar-refractivity contribution in [1.82, 2.24) is 15.1 Å². The second kappa shape index (κ2) is 9.06. The van der Waals surface area contributed by atoms with Crippen LogP contribution in [0.5, 0.6) is 5.75 Å². The van der Waals surface area contributed by atoms with Crippen molar-refractivity contribution in [1.29, 1.82) is 0 Å². The zero-order chi connectivity index (χ0) is 20.9. The monoisotopic (exact) mass is 441 g/mol. The molecule has 0 radical (unpaired) electrons. The summed E-state index contributed by atoms with van der Waals surface area (Å²) in [5.41, 5.74) is 1.88. The summed E-state index contributed by atoms with van der Waals surface area (Å²) >= 11 is 7.69. The van der Waals surface area contributed by atoms with Gasteiger partial charge in [0.15, 0.2) is 6.61 Å². The van der Waals surface area contributed by atoms with Gasteiger partial charge in [0.05, 0.1) is 26.9 Å². The molecule has 0 amide bonds. The summed E-state index contributed by atoms with van der Waals surface area (Å²) < 4.78 is 16.1. The standard InChI is InChI=1S/C21H16ClN3O4S/c1-13-23-15(12-30-13)10-27-16-8-6-14(7-9-16)21(26)28-11-19-24-20(29-25-19)17-4-2-3-5-18(17)22/h2-9,12H,10-11H2,1H3. The third-order valence-corrected chi connectivity index (χ3v) is 5.20. The van der Waals surface area contributed by atoms with Gasteiger partial charge in [-0.2, -0.15) is 4.98 Å². The quantitative estimate of drug-likeness (QED) is 0.369. The molecule has 2 heterocycles. The number of nitrogens with zero attached hydrogens (tertiary/aromatic N) is 3. The van der Waals surface area contributed by atoms with Gasteiger partial charge < -0.3 is 14.0 Å². The molecular formula is C21H16ClN3O4S. The minimum atomic E-state index is -0.499. The molecule has 0 aliphatic rings. The van der Waals surface area contributed by atoms with E-state index in [2.05, 4.69) is 15.1 Å². The van der Waals surface area contributed by atoms with E-state index < -0.39 is 5.97 Å². The lowest BCUT2D eigenvalue weighted by Gasteiger charge is -2.06. The van der Waals surface area contributed by atoms with Crippen LogP contribution in [0.4, 0.5) is 0 Å². The van der Waals surface area contributed by atoms with Gasteiger partial charge in [-0.15, -0.1) is 11.3 Å². The number of thiazole rings is 1. The van der Waals surface area contributed by atoms with Crippen LogP contribution >= 0.6 is 22.9 Å². The lowest BCUT2D eigenvalue weighted by atomic mass is 10.2. The van der Waals surface area contributed by atoms with Crippen LogP contribution in [0, 0.1) is 6.92 Å².